The largest absolute Gasteiger partial charge is 0.480 e. The van der Waals surface area contributed by atoms with Gasteiger partial charge in [-0.25, -0.2) is 0 Å². The van der Waals surface area contributed by atoms with Gasteiger partial charge in [0.2, 0.25) is 5.91 Å². The summed E-state index contributed by atoms with van der Waals surface area (Å²) in [4.78, 5) is 24.6. The van der Waals surface area contributed by atoms with Crippen LogP contribution < -0.4 is 5.32 Å². The van der Waals surface area contributed by atoms with Crippen LogP contribution in [0.5, 0.6) is 0 Å². The summed E-state index contributed by atoms with van der Waals surface area (Å²) in [6.45, 7) is 10.9. The van der Waals surface area contributed by atoms with Gasteiger partial charge < -0.3 is 10.0 Å². The molecule has 0 unspecified atom stereocenters. The number of hydrogen-bond donors (Lipinski definition) is 2. The normalized spacial score (nSPS) is 12.0. The summed E-state index contributed by atoms with van der Waals surface area (Å²) < 4.78 is 0. The number of hydrogen-bond acceptors (Lipinski definition) is 3. The van der Waals surface area contributed by atoms with Gasteiger partial charge in [-0.15, -0.1) is 0 Å². The second-order valence-corrected chi connectivity index (χ2v) is 5.27. The molecular weight excluding hydrogens is 220 g/mol. The zero-order valence-corrected chi connectivity index (χ0v) is 11.6. The quantitative estimate of drug-likeness (QED) is 0.733. The van der Waals surface area contributed by atoms with E-state index in [2.05, 4.69) is 5.32 Å². The van der Waals surface area contributed by atoms with Crippen molar-refractivity contribution >= 4 is 11.9 Å². The minimum absolute atomic E-state index is 0.0374. The smallest absolute Gasteiger partial charge is 0.323 e. The Morgan fingerprint density at radius 2 is 1.59 bits per heavy atom. The van der Waals surface area contributed by atoms with Gasteiger partial charge >= 0.3 is 5.97 Å². The van der Waals surface area contributed by atoms with Crippen LogP contribution >= 0.6 is 0 Å². The molecule has 0 radical (unpaired) electrons. The van der Waals surface area contributed by atoms with E-state index in [0.717, 1.165) is 0 Å². The van der Waals surface area contributed by atoms with Crippen molar-refractivity contribution in [3.05, 3.63) is 0 Å². The molecule has 0 saturated heterocycles. The highest BCUT2D eigenvalue weighted by Gasteiger charge is 2.28. The number of carbonyl (C=O) groups excluding carboxylic acids is 1. The highest BCUT2D eigenvalue weighted by atomic mass is 16.4. The van der Waals surface area contributed by atoms with Crippen LogP contribution in [0.4, 0.5) is 0 Å². The van der Waals surface area contributed by atoms with Gasteiger partial charge in [-0.2, -0.15) is 0 Å². The number of nitrogens with zero attached hydrogens (tertiary/aromatic N) is 1. The van der Waals surface area contributed by atoms with E-state index < -0.39 is 11.5 Å². The van der Waals surface area contributed by atoms with Gasteiger partial charge in [0.1, 0.15) is 5.54 Å². The Hall–Kier alpha value is -1.10. The van der Waals surface area contributed by atoms with E-state index in [-0.39, 0.29) is 24.5 Å². The van der Waals surface area contributed by atoms with Crippen molar-refractivity contribution in [2.45, 2.75) is 59.2 Å². The molecule has 0 spiro atoms. The van der Waals surface area contributed by atoms with E-state index in [1.807, 2.05) is 27.7 Å². The van der Waals surface area contributed by atoms with E-state index in [9.17, 15) is 9.59 Å². The predicted octanol–water partition coefficient (Wildman–Crippen LogP) is 1.08. The van der Waals surface area contributed by atoms with Crippen molar-refractivity contribution < 1.29 is 14.7 Å². The Morgan fingerprint density at radius 3 is 1.88 bits per heavy atom. The van der Waals surface area contributed by atoms with Crippen LogP contribution in [0.2, 0.25) is 0 Å². The van der Waals surface area contributed by atoms with Gasteiger partial charge in [0.05, 0.1) is 6.54 Å². The van der Waals surface area contributed by atoms with E-state index >= 15 is 0 Å². The van der Waals surface area contributed by atoms with Crippen molar-refractivity contribution in [2.75, 3.05) is 6.54 Å². The predicted molar refractivity (Wildman–Crippen MR) is 66.8 cm³/mol. The summed E-state index contributed by atoms with van der Waals surface area (Å²) in [5, 5.41) is 11.7. The maximum atomic E-state index is 12.0. The molecule has 0 aliphatic rings. The van der Waals surface area contributed by atoms with Crippen molar-refractivity contribution in [3.63, 3.8) is 0 Å². The first-order valence-electron chi connectivity index (χ1n) is 5.89. The molecule has 0 bridgehead atoms. The molecule has 0 heterocycles. The second kappa shape index (κ2) is 6.00. The number of carboxylic acid groups (broad SMARTS) is 1. The van der Waals surface area contributed by atoms with Gasteiger partial charge in [-0.1, -0.05) is 0 Å². The lowest BCUT2D eigenvalue weighted by Gasteiger charge is -2.32. The minimum Gasteiger partial charge on any atom is -0.480 e. The van der Waals surface area contributed by atoms with E-state index in [1.54, 1.807) is 4.90 Å². The molecule has 1 amide bonds. The number of rotatable bonds is 6. The van der Waals surface area contributed by atoms with Gasteiger partial charge in [0.25, 0.3) is 0 Å². The maximum absolute atomic E-state index is 12.0. The van der Waals surface area contributed by atoms with Crippen molar-refractivity contribution in [3.8, 4) is 0 Å². The van der Waals surface area contributed by atoms with Gasteiger partial charge in [-0.3, -0.25) is 14.9 Å². The second-order valence-electron chi connectivity index (χ2n) is 5.27. The Labute approximate surface area is 103 Å². The lowest BCUT2D eigenvalue weighted by molar-refractivity contribution is -0.144. The fourth-order valence-electron chi connectivity index (χ4n) is 1.64. The molecule has 0 aliphatic carbocycles. The first-order chi connectivity index (χ1) is 7.59. The summed E-state index contributed by atoms with van der Waals surface area (Å²) in [7, 11) is 0. The molecule has 0 atom stereocenters. The maximum Gasteiger partial charge on any atom is 0.323 e. The molecular formula is C12H24N2O3. The molecule has 0 aromatic rings. The van der Waals surface area contributed by atoms with Gasteiger partial charge in [0.15, 0.2) is 0 Å². The van der Waals surface area contributed by atoms with Crippen molar-refractivity contribution in [2.24, 2.45) is 0 Å². The van der Waals surface area contributed by atoms with E-state index in [1.165, 1.54) is 13.8 Å². The van der Waals surface area contributed by atoms with Gasteiger partial charge in [-0.05, 0) is 41.5 Å². The molecule has 0 aromatic carbocycles. The van der Waals surface area contributed by atoms with Crippen molar-refractivity contribution in [1.82, 2.24) is 10.2 Å². The number of aliphatic carboxylic acids is 1. The standard InChI is InChI=1S/C12H24N2O3/c1-8(2)14(9(3)4)10(15)7-13-12(5,6)11(16)17/h8-9,13H,7H2,1-6H3,(H,16,17). The van der Waals surface area contributed by atoms with Crippen LogP contribution in [0, 0.1) is 0 Å². The molecule has 17 heavy (non-hydrogen) atoms. The fraction of sp³-hybridized carbons (Fsp3) is 0.833. The SMILES string of the molecule is CC(C)N(C(=O)CNC(C)(C)C(=O)O)C(C)C. The average Bonchev–Trinajstić information content (AvgIpc) is 2.13. The Bertz CT molecular complexity index is 277. The fourth-order valence-corrected chi connectivity index (χ4v) is 1.64. The summed E-state index contributed by atoms with van der Waals surface area (Å²) >= 11 is 0. The molecule has 2 N–H and O–H groups in total. The highest BCUT2D eigenvalue weighted by molar-refractivity contribution is 5.82. The monoisotopic (exact) mass is 244 g/mol. The summed E-state index contributed by atoms with van der Waals surface area (Å²) in [6.07, 6.45) is 0. The first kappa shape index (κ1) is 15.9. The summed E-state index contributed by atoms with van der Waals surface area (Å²) in [5.41, 5.74) is -1.09. The topological polar surface area (TPSA) is 69.6 Å². The number of amides is 1. The van der Waals surface area contributed by atoms with Crippen LogP contribution in [-0.2, 0) is 9.59 Å². The molecule has 0 rings (SSSR count). The third-order valence-electron chi connectivity index (χ3n) is 2.62. The summed E-state index contributed by atoms with van der Waals surface area (Å²) in [5.74, 6) is -1.05. The zero-order valence-electron chi connectivity index (χ0n) is 11.6. The molecule has 0 aromatic heterocycles. The summed E-state index contributed by atoms with van der Waals surface area (Å²) in [6, 6.07) is 0.217. The molecule has 5 heteroatoms. The molecule has 0 fully saturated rings. The Kier molecular flexibility index (Phi) is 5.61. The highest BCUT2D eigenvalue weighted by Crippen LogP contribution is 2.07. The number of nitrogens with one attached hydrogen (secondary N) is 1. The van der Waals surface area contributed by atoms with Crippen LogP contribution in [0.1, 0.15) is 41.5 Å². The zero-order chi connectivity index (χ0) is 13.8. The van der Waals surface area contributed by atoms with Gasteiger partial charge in [0, 0.05) is 12.1 Å². The molecule has 0 aliphatic heterocycles. The number of carboxylic acids is 1. The first-order valence-corrected chi connectivity index (χ1v) is 5.89. The Balaban J connectivity index is 4.49. The van der Waals surface area contributed by atoms with Crippen LogP contribution in [0.15, 0.2) is 0 Å². The third-order valence-corrected chi connectivity index (χ3v) is 2.62. The minimum atomic E-state index is -1.09. The van der Waals surface area contributed by atoms with Crippen LogP contribution in [-0.4, -0.2) is 46.1 Å². The van der Waals surface area contributed by atoms with Crippen LogP contribution in [0.25, 0.3) is 0 Å². The number of carbonyl (C=O) groups is 2. The van der Waals surface area contributed by atoms with E-state index in [4.69, 9.17) is 5.11 Å². The lowest BCUT2D eigenvalue weighted by atomic mass is 10.1. The van der Waals surface area contributed by atoms with Crippen LogP contribution in [0.3, 0.4) is 0 Å². The average molecular weight is 244 g/mol. The molecule has 100 valence electrons. The Morgan fingerprint density at radius 1 is 1.18 bits per heavy atom. The lowest BCUT2D eigenvalue weighted by Crippen LogP contribution is -2.53. The van der Waals surface area contributed by atoms with Crippen molar-refractivity contribution in [1.29, 1.82) is 0 Å². The molecule has 0 saturated carbocycles. The third kappa shape index (κ3) is 4.73. The van der Waals surface area contributed by atoms with E-state index in [0.29, 0.717) is 0 Å². The molecule has 5 nitrogen and oxygen atoms in total.